The summed E-state index contributed by atoms with van der Waals surface area (Å²) in [5, 5.41) is 2.71. The van der Waals surface area contributed by atoms with Crippen LogP contribution in [0.3, 0.4) is 0 Å². The van der Waals surface area contributed by atoms with Crippen molar-refractivity contribution in [3.63, 3.8) is 0 Å². The minimum atomic E-state index is -0.329. The van der Waals surface area contributed by atoms with Gasteiger partial charge in [0.05, 0.1) is 12.2 Å². The van der Waals surface area contributed by atoms with Gasteiger partial charge in [0.15, 0.2) is 0 Å². The van der Waals surface area contributed by atoms with E-state index in [9.17, 15) is 9.59 Å². The summed E-state index contributed by atoms with van der Waals surface area (Å²) in [5.41, 5.74) is 0. The molecule has 14 heavy (non-hydrogen) atoms. The summed E-state index contributed by atoms with van der Waals surface area (Å²) in [6.07, 6.45) is 3.72. The van der Waals surface area contributed by atoms with Crippen molar-refractivity contribution in [3.8, 4) is 0 Å². The standard InChI is InChI=1S/C6H9NO.C4H6O2/c1-2-5-3-4-7-6(5)8;1-3-6-4(2)5/h2,5H,1,3-4H2,(H,7,8);3H,1H2,2H3. The number of rotatable bonds is 2. The molecule has 1 atom stereocenters. The molecule has 1 amide bonds. The predicted molar refractivity (Wildman–Crippen MR) is 53.3 cm³/mol. The van der Waals surface area contributed by atoms with Crippen LogP contribution in [0.2, 0.25) is 0 Å². The first-order valence-corrected chi connectivity index (χ1v) is 4.30. The molecule has 4 heteroatoms. The second-order valence-corrected chi connectivity index (χ2v) is 2.70. The fourth-order valence-electron chi connectivity index (χ4n) is 0.955. The summed E-state index contributed by atoms with van der Waals surface area (Å²) in [6, 6.07) is 0. The quantitative estimate of drug-likeness (QED) is 0.408. The van der Waals surface area contributed by atoms with Crippen LogP contribution in [0.15, 0.2) is 25.5 Å². The summed E-state index contributed by atoms with van der Waals surface area (Å²) >= 11 is 0. The van der Waals surface area contributed by atoms with E-state index in [1.165, 1.54) is 6.92 Å². The monoisotopic (exact) mass is 197 g/mol. The van der Waals surface area contributed by atoms with Crippen LogP contribution in [0.25, 0.3) is 0 Å². The average Bonchev–Trinajstić information content (AvgIpc) is 2.51. The Morgan fingerprint density at radius 3 is 2.43 bits per heavy atom. The molecule has 0 saturated carbocycles. The van der Waals surface area contributed by atoms with Gasteiger partial charge in [0.1, 0.15) is 0 Å². The summed E-state index contributed by atoms with van der Waals surface area (Å²) in [6.45, 7) is 8.83. The Morgan fingerprint density at radius 1 is 1.64 bits per heavy atom. The highest BCUT2D eigenvalue weighted by atomic mass is 16.5. The molecule has 78 valence electrons. The molecule has 1 unspecified atom stereocenters. The maximum atomic E-state index is 10.6. The highest BCUT2D eigenvalue weighted by molar-refractivity contribution is 5.82. The Balaban J connectivity index is 0.000000255. The van der Waals surface area contributed by atoms with E-state index >= 15 is 0 Å². The molecule has 0 spiro atoms. The fraction of sp³-hybridized carbons (Fsp3) is 0.400. The largest absolute Gasteiger partial charge is 0.435 e. The fourth-order valence-corrected chi connectivity index (χ4v) is 0.955. The highest BCUT2D eigenvalue weighted by Crippen LogP contribution is 2.08. The molecule has 1 heterocycles. The summed E-state index contributed by atoms with van der Waals surface area (Å²) in [7, 11) is 0. The van der Waals surface area contributed by atoms with Crippen LogP contribution in [-0.4, -0.2) is 18.4 Å². The molecular weight excluding hydrogens is 182 g/mol. The lowest BCUT2D eigenvalue weighted by atomic mass is 10.1. The third kappa shape index (κ3) is 5.13. The number of hydrogen-bond acceptors (Lipinski definition) is 3. The number of carbonyl (C=O) groups excluding carboxylic acids is 2. The van der Waals surface area contributed by atoms with E-state index in [0.29, 0.717) is 0 Å². The predicted octanol–water partition coefficient (Wildman–Crippen LogP) is 1.00. The van der Waals surface area contributed by atoms with E-state index in [1.807, 2.05) is 0 Å². The minimum Gasteiger partial charge on any atom is -0.435 e. The van der Waals surface area contributed by atoms with Crippen LogP contribution >= 0.6 is 0 Å². The van der Waals surface area contributed by atoms with Gasteiger partial charge in [0.2, 0.25) is 5.91 Å². The van der Waals surface area contributed by atoms with Gasteiger partial charge in [-0.1, -0.05) is 12.7 Å². The van der Waals surface area contributed by atoms with Crippen molar-refractivity contribution in [2.24, 2.45) is 5.92 Å². The van der Waals surface area contributed by atoms with Crippen molar-refractivity contribution in [3.05, 3.63) is 25.5 Å². The molecule has 0 aromatic carbocycles. The lowest BCUT2D eigenvalue weighted by molar-refractivity contribution is -0.135. The summed E-state index contributed by atoms with van der Waals surface area (Å²) in [5.74, 6) is -0.125. The maximum Gasteiger partial charge on any atom is 0.307 e. The zero-order chi connectivity index (χ0) is 11.0. The summed E-state index contributed by atoms with van der Waals surface area (Å²) < 4.78 is 4.17. The third-order valence-corrected chi connectivity index (χ3v) is 1.63. The van der Waals surface area contributed by atoms with Gasteiger partial charge in [-0.15, -0.1) is 6.58 Å². The van der Waals surface area contributed by atoms with E-state index in [0.717, 1.165) is 19.2 Å². The Hall–Kier alpha value is -1.58. The molecule has 1 saturated heterocycles. The zero-order valence-electron chi connectivity index (χ0n) is 8.29. The second-order valence-electron chi connectivity index (χ2n) is 2.70. The van der Waals surface area contributed by atoms with Crippen LogP contribution in [0, 0.1) is 5.92 Å². The second kappa shape index (κ2) is 6.88. The molecule has 0 aromatic rings. The first-order valence-electron chi connectivity index (χ1n) is 4.30. The maximum absolute atomic E-state index is 10.6. The SMILES string of the molecule is C=CC1CCNC1=O.C=COC(C)=O. The van der Waals surface area contributed by atoms with E-state index in [-0.39, 0.29) is 17.8 Å². The van der Waals surface area contributed by atoms with E-state index in [2.05, 4.69) is 23.2 Å². The van der Waals surface area contributed by atoms with Crippen LogP contribution in [-0.2, 0) is 14.3 Å². The molecule has 0 aromatic heterocycles. The number of hydrogen-bond donors (Lipinski definition) is 1. The number of nitrogens with one attached hydrogen (secondary N) is 1. The van der Waals surface area contributed by atoms with Crippen LogP contribution < -0.4 is 5.32 Å². The van der Waals surface area contributed by atoms with Crippen molar-refractivity contribution < 1.29 is 14.3 Å². The number of esters is 1. The Labute approximate surface area is 83.6 Å². The van der Waals surface area contributed by atoms with Crippen molar-refractivity contribution >= 4 is 11.9 Å². The smallest absolute Gasteiger partial charge is 0.307 e. The van der Waals surface area contributed by atoms with Crippen LogP contribution in [0.4, 0.5) is 0 Å². The topological polar surface area (TPSA) is 55.4 Å². The molecular formula is C10H15NO3. The number of carbonyl (C=O) groups is 2. The first kappa shape index (κ1) is 12.4. The lowest BCUT2D eigenvalue weighted by Gasteiger charge is -1.93. The van der Waals surface area contributed by atoms with E-state index in [4.69, 9.17) is 0 Å². The molecule has 1 aliphatic rings. The van der Waals surface area contributed by atoms with E-state index < -0.39 is 0 Å². The zero-order valence-corrected chi connectivity index (χ0v) is 8.29. The lowest BCUT2D eigenvalue weighted by Crippen LogP contribution is -2.17. The van der Waals surface area contributed by atoms with E-state index in [1.54, 1.807) is 6.08 Å². The van der Waals surface area contributed by atoms with Crippen molar-refractivity contribution in [2.45, 2.75) is 13.3 Å². The molecule has 1 N–H and O–H groups in total. The number of ether oxygens (including phenoxy) is 1. The van der Waals surface area contributed by atoms with Gasteiger partial charge in [-0.05, 0) is 6.42 Å². The third-order valence-electron chi connectivity index (χ3n) is 1.63. The molecule has 1 fully saturated rings. The Morgan fingerprint density at radius 2 is 2.29 bits per heavy atom. The summed E-state index contributed by atoms with van der Waals surface area (Å²) in [4.78, 5) is 20.4. The Kier molecular flexibility index (Phi) is 6.11. The van der Waals surface area contributed by atoms with Gasteiger partial charge in [-0.2, -0.15) is 0 Å². The van der Waals surface area contributed by atoms with Gasteiger partial charge >= 0.3 is 5.97 Å². The molecule has 1 rings (SSSR count). The first-order chi connectivity index (χ1) is 6.61. The average molecular weight is 197 g/mol. The molecule has 0 bridgehead atoms. The highest BCUT2D eigenvalue weighted by Gasteiger charge is 2.19. The van der Waals surface area contributed by atoms with Gasteiger partial charge in [0.25, 0.3) is 0 Å². The van der Waals surface area contributed by atoms with Crippen LogP contribution in [0.5, 0.6) is 0 Å². The Bertz CT molecular complexity index is 236. The van der Waals surface area contributed by atoms with Crippen molar-refractivity contribution in [2.75, 3.05) is 6.54 Å². The van der Waals surface area contributed by atoms with Gasteiger partial charge in [0, 0.05) is 13.5 Å². The molecule has 1 aliphatic heterocycles. The van der Waals surface area contributed by atoms with Gasteiger partial charge in [-0.3, -0.25) is 9.59 Å². The molecule has 0 aliphatic carbocycles. The van der Waals surface area contributed by atoms with Gasteiger partial charge < -0.3 is 10.1 Å². The molecule has 0 radical (unpaired) electrons. The van der Waals surface area contributed by atoms with Gasteiger partial charge in [-0.25, -0.2) is 0 Å². The van der Waals surface area contributed by atoms with Crippen molar-refractivity contribution in [1.82, 2.24) is 5.32 Å². The van der Waals surface area contributed by atoms with Crippen molar-refractivity contribution in [1.29, 1.82) is 0 Å². The minimum absolute atomic E-state index is 0.0787. The molecule has 4 nitrogen and oxygen atoms in total. The van der Waals surface area contributed by atoms with Crippen LogP contribution in [0.1, 0.15) is 13.3 Å². The normalized spacial score (nSPS) is 18.6. The number of amides is 1.